The topological polar surface area (TPSA) is 39.1 Å². The number of hydrogen-bond donors (Lipinski definition) is 1. The maximum Gasteiger partial charge on any atom is 0.0985 e. The van der Waals surface area contributed by atoms with E-state index in [1.54, 1.807) is 0 Å². The molecule has 0 aromatic carbocycles. The molecule has 2 rings (SSSR count). The molecule has 1 fully saturated rings. The summed E-state index contributed by atoms with van der Waals surface area (Å²) in [5, 5.41) is 7.73. The fraction of sp³-hybridized carbons (Fsp3) is 0.750. The van der Waals surface area contributed by atoms with Gasteiger partial charge in [-0.1, -0.05) is 0 Å². The van der Waals surface area contributed by atoms with Crippen molar-refractivity contribution in [3.63, 3.8) is 0 Å². The Kier molecular flexibility index (Phi) is 3.61. The molecule has 0 saturated carbocycles. The number of rotatable bonds is 4. The van der Waals surface area contributed by atoms with Crippen molar-refractivity contribution >= 4 is 0 Å². The Hall–Kier alpha value is -0.870. The van der Waals surface area contributed by atoms with Gasteiger partial charge in [0.2, 0.25) is 0 Å². The van der Waals surface area contributed by atoms with Crippen molar-refractivity contribution in [1.82, 2.24) is 15.1 Å². The molecule has 4 nitrogen and oxygen atoms in total. The highest BCUT2D eigenvalue weighted by atomic mass is 16.5. The van der Waals surface area contributed by atoms with E-state index in [0.717, 1.165) is 39.1 Å². The summed E-state index contributed by atoms with van der Waals surface area (Å²) in [6.07, 6.45) is 6.16. The first-order valence-corrected chi connectivity index (χ1v) is 6.18. The molecule has 0 radical (unpaired) electrons. The third kappa shape index (κ3) is 2.13. The third-order valence-electron chi connectivity index (χ3n) is 3.32. The molecule has 1 aromatic rings. The Morgan fingerprint density at radius 1 is 1.44 bits per heavy atom. The van der Waals surface area contributed by atoms with Crippen LogP contribution in [0.3, 0.4) is 0 Å². The van der Waals surface area contributed by atoms with Crippen LogP contribution in [0.4, 0.5) is 0 Å². The van der Waals surface area contributed by atoms with Gasteiger partial charge in [0.05, 0.1) is 11.8 Å². The number of nitrogens with one attached hydrogen (secondary N) is 1. The third-order valence-corrected chi connectivity index (χ3v) is 3.32. The van der Waals surface area contributed by atoms with E-state index in [4.69, 9.17) is 4.74 Å². The van der Waals surface area contributed by atoms with Gasteiger partial charge in [-0.3, -0.25) is 4.68 Å². The van der Waals surface area contributed by atoms with Gasteiger partial charge in [0.1, 0.15) is 0 Å². The zero-order chi connectivity index (χ0) is 11.4. The summed E-state index contributed by atoms with van der Waals surface area (Å²) >= 11 is 0. The zero-order valence-electron chi connectivity index (χ0n) is 10.2. The lowest BCUT2D eigenvalue weighted by Gasteiger charge is -2.36. The summed E-state index contributed by atoms with van der Waals surface area (Å²) in [4.78, 5) is 0. The number of piperidine rings is 1. The highest BCUT2D eigenvalue weighted by Crippen LogP contribution is 2.34. The SMILES string of the molecule is CCOC1(c2cnn(CC)c2)CCNCC1. The van der Waals surface area contributed by atoms with Crippen LogP contribution in [0.15, 0.2) is 12.4 Å². The van der Waals surface area contributed by atoms with Crippen LogP contribution in [0.1, 0.15) is 32.3 Å². The van der Waals surface area contributed by atoms with Gasteiger partial charge in [0.25, 0.3) is 0 Å². The van der Waals surface area contributed by atoms with Crippen molar-refractivity contribution in [3.8, 4) is 0 Å². The molecule has 0 bridgehead atoms. The van der Waals surface area contributed by atoms with E-state index in [0.29, 0.717) is 0 Å². The molecule has 0 atom stereocenters. The van der Waals surface area contributed by atoms with Crippen molar-refractivity contribution in [2.45, 2.75) is 38.8 Å². The fourth-order valence-corrected chi connectivity index (χ4v) is 2.40. The van der Waals surface area contributed by atoms with Crippen LogP contribution in [0, 0.1) is 0 Å². The molecule has 1 aliphatic rings. The van der Waals surface area contributed by atoms with Crippen LogP contribution in [-0.4, -0.2) is 29.5 Å². The molecule has 1 aromatic heterocycles. The van der Waals surface area contributed by atoms with E-state index in [2.05, 4.69) is 30.5 Å². The van der Waals surface area contributed by atoms with Gasteiger partial charge in [-0.2, -0.15) is 5.10 Å². The summed E-state index contributed by atoms with van der Waals surface area (Å²) in [6, 6.07) is 0. The van der Waals surface area contributed by atoms with Crippen molar-refractivity contribution < 1.29 is 4.74 Å². The fourth-order valence-electron chi connectivity index (χ4n) is 2.40. The maximum absolute atomic E-state index is 6.02. The van der Waals surface area contributed by atoms with E-state index >= 15 is 0 Å². The lowest BCUT2D eigenvalue weighted by Crippen LogP contribution is -2.41. The number of hydrogen-bond acceptors (Lipinski definition) is 3. The highest BCUT2D eigenvalue weighted by Gasteiger charge is 2.35. The molecule has 0 amide bonds. The normalized spacial score (nSPS) is 19.9. The average Bonchev–Trinajstić information content (AvgIpc) is 2.80. The largest absolute Gasteiger partial charge is 0.370 e. The molecular weight excluding hydrogens is 202 g/mol. The zero-order valence-corrected chi connectivity index (χ0v) is 10.2. The molecule has 1 aliphatic heterocycles. The molecule has 90 valence electrons. The van der Waals surface area contributed by atoms with Crippen molar-refractivity contribution in [2.24, 2.45) is 0 Å². The summed E-state index contributed by atoms with van der Waals surface area (Å²) in [6.45, 7) is 7.90. The van der Waals surface area contributed by atoms with Gasteiger partial charge < -0.3 is 10.1 Å². The summed E-state index contributed by atoms with van der Waals surface area (Å²) < 4.78 is 7.99. The number of aromatic nitrogens is 2. The second kappa shape index (κ2) is 4.97. The Morgan fingerprint density at radius 3 is 2.75 bits per heavy atom. The second-order valence-corrected chi connectivity index (χ2v) is 4.26. The molecule has 4 heteroatoms. The lowest BCUT2D eigenvalue weighted by molar-refractivity contribution is -0.0656. The lowest BCUT2D eigenvalue weighted by atomic mass is 9.86. The van der Waals surface area contributed by atoms with Crippen LogP contribution in [-0.2, 0) is 16.9 Å². The summed E-state index contributed by atoms with van der Waals surface area (Å²) in [5.74, 6) is 0. The van der Waals surface area contributed by atoms with Gasteiger partial charge in [-0.15, -0.1) is 0 Å². The summed E-state index contributed by atoms with van der Waals surface area (Å²) in [5.41, 5.74) is 1.13. The van der Waals surface area contributed by atoms with E-state index in [-0.39, 0.29) is 5.60 Å². The van der Waals surface area contributed by atoms with Crippen molar-refractivity contribution in [3.05, 3.63) is 18.0 Å². The Labute approximate surface area is 97.0 Å². The molecular formula is C12H21N3O. The quantitative estimate of drug-likeness (QED) is 0.841. The van der Waals surface area contributed by atoms with Gasteiger partial charge in [0.15, 0.2) is 0 Å². The summed E-state index contributed by atoms with van der Waals surface area (Å²) in [7, 11) is 0. The Morgan fingerprint density at radius 2 is 2.19 bits per heavy atom. The first-order valence-electron chi connectivity index (χ1n) is 6.18. The minimum Gasteiger partial charge on any atom is -0.370 e. The van der Waals surface area contributed by atoms with Crippen LogP contribution in [0.5, 0.6) is 0 Å². The van der Waals surface area contributed by atoms with Gasteiger partial charge >= 0.3 is 0 Å². The maximum atomic E-state index is 6.02. The van der Waals surface area contributed by atoms with Crippen LogP contribution >= 0.6 is 0 Å². The minimum atomic E-state index is -0.104. The molecule has 16 heavy (non-hydrogen) atoms. The molecule has 0 unspecified atom stereocenters. The molecule has 1 N–H and O–H groups in total. The van der Waals surface area contributed by atoms with Gasteiger partial charge in [-0.05, 0) is 39.8 Å². The monoisotopic (exact) mass is 223 g/mol. The number of ether oxygens (including phenoxy) is 1. The number of nitrogens with zero attached hydrogens (tertiary/aromatic N) is 2. The van der Waals surface area contributed by atoms with E-state index < -0.39 is 0 Å². The van der Waals surface area contributed by atoms with E-state index in [1.165, 1.54) is 5.56 Å². The van der Waals surface area contributed by atoms with Crippen molar-refractivity contribution in [2.75, 3.05) is 19.7 Å². The molecule has 0 spiro atoms. The van der Waals surface area contributed by atoms with Crippen molar-refractivity contribution in [1.29, 1.82) is 0 Å². The van der Waals surface area contributed by atoms with Gasteiger partial charge in [0, 0.05) is 24.9 Å². The molecule has 0 aliphatic carbocycles. The van der Waals surface area contributed by atoms with E-state index in [9.17, 15) is 0 Å². The van der Waals surface area contributed by atoms with E-state index in [1.807, 2.05) is 10.9 Å². The Balaban J connectivity index is 2.23. The minimum absolute atomic E-state index is 0.104. The smallest absolute Gasteiger partial charge is 0.0985 e. The first kappa shape index (κ1) is 11.6. The molecule has 2 heterocycles. The first-order chi connectivity index (χ1) is 7.80. The van der Waals surface area contributed by atoms with Crippen LogP contribution in [0.25, 0.3) is 0 Å². The standard InChI is InChI=1S/C12H21N3O/c1-3-15-10-11(9-14-15)12(16-4-2)5-7-13-8-6-12/h9-10,13H,3-8H2,1-2H3. The number of aryl methyl sites for hydroxylation is 1. The van der Waals surface area contributed by atoms with Gasteiger partial charge in [-0.25, -0.2) is 0 Å². The average molecular weight is 223 g/mol. The van der Waals surface area contributed by atoms with Crippen LogP contribution < -0.4 is 5.32 Å². The predicted molar refractivity (Wildman–Crippen MR) is 63.3 cm³/mol. The molecule has 1 saturated heterocycles. The second-order valence-electron chi connectivity index (χ2n) is 4.26. The predicted octanol–water partition coefficient (Wildman–Crippen LogP) is 1.52. The van der Waals surface area contributed by atoms with Crippen LogP contribution in [0.2, 0.25) is 0 Å². The highest BCUT2D eigenvalue weighted by molar-refractivity contribution is 5.17. The Bertz CT molecular complexity index is 323.